The van der Waals surface area contributed by atoms with Gasteiger partial charge in [-0.1, -0.05) is 6.07 Å². The molecule has 6 heteroatoms. The van der Waals surface area contributed by atoms with E-state index in [1.807, 2.05) is 18.2 Å². The molecule has 0 radical (unpaired) electrons. The van der Waals surface area contributed by atoms with Gasteiger partial charge in [0.1, 0.15) is 5.75 Å². The number of anilines is 1. The van der Waals surface area contributed by atoms with Gasteiger partial charge in [-0.15, -0.1) is 0 Å². The predicted molar refractivity (Wildman–Crippen MR) is 75.7 cm³/mol. The minimum Gasteiger partial charge on any atom is -0.479 e. The van der Waals surface area contributed by atoms with Crippen molar-refractivity contribution in [3.8, 4) is 5.75 Å². The molecule has 0 aliphatic carbocycles. The van der Waals surface area contributed by atoms with Gasteiger partial charge < -0.3 is 20.3 Å². The number of hydrogen-bond donors (Lipinski definition) is 2. The highest BCUT2D eigenvalue weighted by atomic mass is 16.5. The quantitative estimate of drug-likeness (QED) is 0.828. The monoisotopic (exact) mass is 277 g/mol. The average molecular weight is 277 g/mol. The van der Waals surface area contributed by atoms with Crippen molar-refractivity contribution in [2.45, 2.75) is 19.6 Å². The van der Waals surface area contributed by atoms with Crippen LogP contribution in [0.5, 0.6) is 5.75 Å². The summed E-state index contributed by atoms with van der Waals surface area (Å²) < 4.78 is 5.55. The molecular weight excluding hydrogens is 258 g/mol. The zero-order chi connectivity index (χ0) is 14.7. The second kappa shape index (κ2) is 5.92. The van der Waals surface area contributed by atoms with E-state index in [1.54, 1.807) is 25.9 Å². The van der Waals surface area contributed by atoms with Gasteiger partial charge in [0.2, 0.25) is 5.91 Å². The Morgan fingerprint density at radius 3 is 2.90 bits per heavy atom. The molecule has 1 aliphatic rings. The highest BCUT2D eigenvalue weighted by Crippen LogP contribution is 2.33. The third-order valence-electron chi connectivity index (χ3n) is 3.19. The Balaban J connectivity index is 2.11. The van der Waals surface area contributed by atoms with E-state index in [1.165, 1.54) is 0 Å². The van der Waals surface area contributed by atoms with Gasteiger partial charge in [0.15, 0.2) is 6.10 Å². The number of ether oxygens (including phenoxy) is 1. The molecule has 0 saturated heterocycles. The molecule has 1 aliphatic heterocycles. The fourth-order valence-corrected chi connectivity index (χ4v) is 2.09. The molecule has 0 fully saturated rings. The topological polar surface area (TPSA) is 70.7 Å². The van der Waals surface area contributed by atoms with Crippen LogP contribution in [0, 0.1) is 0 Å². The first-order valence-electron chi connectivity index (χ1n) is 6.51. The van der Waals surface area contributed by atoms with Crippen molar-refractivity contribution < 1.29 is 14.3 Å². The molecule has 6 nitrogen and oxygen atoms in total. The van der Waals surface area contributed by atoms with Crippen LogP contribution >= 0.6 is 0 Å². The van der Waals surface area contributed by atoms with E-state index in [0.29, 0.717) is 12.3 Å². The summed E-state index contributed by atoms with van der Waals surface area (Å²) in [6.45, 7) is 2.43. The fourth-order valence-electron chi connectivity index (χ4n) is 2.09. The number of fused-ring (bicyclic) bond motifs is 1. The first kappa shape index (κ1) is 14.3. The first-order valence-corrected chi connectivity index (χ1v) is 6.51. The summed E-state index contributed by atoms with van der Waals surface area (Å²) in [5.41, 5.74) is 1.65. The first-order chi connectivity index (χ1) is 9.52. The molecule has 2 amide bonds. The lowest BCUT2D eigenvalue weighted by Gasteiger charge is -2.30. The lowest BCUT2D eigenvalue weighted by atomic mass is 10.1. The predicted octanol–water partition coefficient (Wildman–Crippen LogP) is 0.266. The number of benzene rings is 1. The molecule has 1 unspecified atom stereocenters. The highest BCUT2D eigenvalue weighted by Gasteiger charge is 2.28. The number of rotatable bonds is 4. The smallest absolute Gasteiger partial charge is 0.267 e. The van der Waals surface area contributed by atoms with Crippen molar-refractivity contribution in [2.75, 3.05) is 25.5 Å². The van der Waals surface area contributed by atoms with Gasteiger partial charge in [0.25, 0.3) is 5.91 Å². The lowest BCUT2D eigenvalue weighted by Crippen LogP contribution is -2.42. The molecule has 0 aromatic heterocycles. The molecule has 2 N–H and O–H groups in total. The minimum atomic E-state index is -0.464. The summed E-state index contributed by atoms with van der Waals surface area (Å²) in [5.74, 6) is 0.540. The molecule has 1 atom stereocenters. The maximum absolute atomic E-state index is 11.9. The Morgan fingerprint density at radius 1 is 1.45 bits per heavy atom. The Kier molecular flexibility index (Phi) is 4.24. The summed E-state index contributed by atoms with van der Waals surface area (Å²) in [6, 6.07) is 5.57. The Labute approximate surface area is 118 Å². The van der Waals surface area contributed by atoms with E-state index in [-0.39, 0.29) is 18.4 Å². The standard InChI is InChI=1S/C14H19N3O3/c1-9-14(19)17(3)11-6-10(4-5-12(11)20-9)7-16-13(18)8-15-2/h4-6,9,15H,7-8H2,1-3H3,(H,16,18). The molecule has 1 aromatic rings. The van der Waals surface area contributed by atoms with Gasteiger partial charge in [-0.25, -0.2) is 0 Å². The second-order valence-corrected chi connectivity index (χ2v) is 4.77. The van der Waals surface area contributed by atoms with Crippen molar-refractivity contribution in [1.29, 1.82) is 0 Å². The van der Waals surface area contributed by atoms with Crippen LogP contribution in [0.4, 0.5) is 5.69 Å². The van der Waals surface area contributed by atoms with Gasteiger partial charge in [-0.05, 0) is 31.7 Å². The normalized spacial score (nSPS) is 17.4. The van der Waals surface area contributed by atoms with Crippen LogP contribution in [0.25, 0.3) is 0 Å². The third-order valence-corrected chi connectivity index (χ3v) is 3.19. The van der Waals surface area contributed by atoms with Gasteiger partial charge >= 0.3 is 0 Å². The van der Waals surface area contributed by atoms with Crippen LogP contribution in [0.3, 0.4) is 0 Å². The van der Waals surface area contributed by atoms with Crippen LogP contribution in [-0.2, 0) is 16.1 Å². The largest absolute Gasteiger partial charge is 0.479 e. The van der Waals surface area contributed by atoms with E-state index >= 15 is 0 Å². The second-order valence-electron chi connectivity index (χ2n) is 4.77. The summed E-state index contributed by atoms with van der Waals surface area (Å²) in [4.78, 5) is 24.9. The Morgan fingerprint density at radius 2 is 2.20 bits per heavy atom. The summed E-state index contributed by atoms with van der Waals surface area (Å²) >= 11 is 0. The number of hydrogen-bond acceptors (Lipinski definition) is 4. The maximum Gasteiger partial charge on any atom is 0.267 e. The van der Waals surface area contributed by atoms with Crippen LogP contribution in [0.2, 0.25) is 0 Å². The number of carbonyl (C=O) groups is 2. The summed E-state index contributed by atoms with van der Waals surface area (Å²) in [5, 5.41) is 5.58. The molecule has 0 bridgehead atoms. The number of nitrogens with one attached hydrogen (secondary N) is 2. The number of likely N-dealkylation sites (N-methyl/N-ethyl adjacent to an activating group) is 2. The van der Waals surface area contributed by atoms with E-state index in [2.05, 4.69) is 10.6 Å². The maximum atomic E-state index is 11.9. The van der Waals surface area contributed by atoms with E-state index in [0.717, 1.165) is 11.3 Å². The van der Waals surface area contributed by atoms with Crippen LogP contribution in [0.15, 0.2) is 18.2 Å². The molecule has 20 heavy (non-hydrogen) atoms. The van der Waals surface area contributed by atoms with E-state index in [4.69, 9.17) is 4.74 Å². The SMILES string of the molecule is CNCC(=O)NCc1ccc2c(c1)N(C)C(=O)C(C)O2. The van der Waals surface area contributed by atoms with Crippen molar-refractivity contribution in [1.82, 2.24) is 10.6 Å². The molecule has 0 saturated carbocycles. The molecule has 1 heterocycles. The Hall–Kier alpha value is -2.08. The van der Waals surface area contributed by atoms with Crippen LogP contribution in [-0.4, -0.2) is 38.6 Å². The molecular formula is C14H19N3O3. The van der Waals surface area contributed by atoms with Gasteiger partial charge in [-0.2, -0.15) is 0 Å². The number of nitrogens with zero attached hydrogens (tertiary/aromatic N) is 1. The lowest BCUT2D eigenvalue weighted by molar-refractivity contribution is -0.125. The summed E-state index contributed by atoms with van der Waals surface area (Å²) in [7, 11) is 3.45. The zero-order valence-electron chi connectivity index (χ0n) is 11.9. The Bertz CT molecular complexity index is 530. The van der Waals surface area contributed by atoms with Crippen LogP contribution < -0.4 is 20.3 Å². The number of amides is 2. The zero-order valence-corrected chi connectivity index (χ0v) is 11.9. The van der Waals surface area contributed by atoms with Crippen molar-refractivity contribution in [3.05, 3.63) is 23.8 Å². The molecule has 0 spiro atoms. The number of carbonyl (C=O) groups excluding carboxylic acids is 2. The van der Waals surface area contributed by atoms with Crippen LogP contribution in [0.1, 0.15) is 12.5 Å². The van der Waals surface area contributed by atoms with E-state index < -0.39 is 6.10 Å². The van der Waals surface area contributed by atoms with Crippen molar-refractivity contribution in [2.24, 2.45) is 0 Å². The van der Waals surface area contributed by atoms with Gasteiger partial charge in [0.05, 0.1) is 12.2 Å². The fraction of sp³-hybridized carbons (Fsp3) is 0.429. The highest BCUT2D eigenvalue weighted by molar-refractivity contribution is 5.99. The molecule has 1 aromatic carbocycles. The minimum absolute atomic E-state index is 0.0699. The molecule has 2 rings (SSSR count). The van der Waals surface area contributed by atoms with E-state index in [9.17, 15) is 9.59 Å². The molecule has 108 valence electrons. The van der Waals surface area contributed by atoms with Crippen molar-refractivity contribution >= 4 is 17.5 Å². The van der Waals surface area contributed by atoms with Crippen molar-refractivity contribution in [3.63, 3.8) is 0 Å². The average Bonchev–Trinajstić information content (AvgIpc) is 2.43. The van der Waals surface area contributed by atoms with Gasteiger partial charge in [-0.3, -0.25) is 9.59 Å². The van der Waals surface area contributed by atoms with Gasteiger partial charge in [0, 0.05) is 13.6 Å². The summed E-state index contributed by atoms with van der Waals surface area (Å²) in [6.07, 6.45) is -0.464. The third kappa shape index (κ3) is 2.91.